The van der Waals surface area contributed by atoms with E-state index < -0.39 is 15.7 Å². The van der Waals surface area contributed by atoms with E-state index in [0.29, 0.717) is 12.1 Å². The summed E-state index contributed by atoms with van der Waals surface area (Å²) in [7, 11) is 0. The van der Waals surface area contributed by atoms with Gasteiger partial charge in [-0.05, 0) is 84.1 Å². The molecule has 2 unspecified atom stereocenters. The van der Waals surface area contributed by atoms with E-state index in [1.54, 1.807) is 0 Å². The Hall–Kier alpha value is -1.43. The normalized spacial score (nSPS) is 20.3. The van der Waals surface area contributed by atoms with Gasteiger partial charge in [-0.25, -0.2) is 0 Å². The standard InChI is InChI=1S/C23H32N2.Al.H/c1-14-9-16(3)22(17(4)10-14)24-20(7)13-21(8)25-23-18(5)11-15(2)12-19(23)6;;/h9-12,20-21H,13H2,1-8H3;;/q-2;+2;. The molecule has 138 valence electrons. The van der Waals surface area contributed by atoms with Crippen LogP contribution >= 0.6 is 0 Å². The van der Waals surface area contributed by atoms with E-state index in [-0.39, 0.29) is 0 Å². The van der Waals surface area contributed by atoms with Crippen molar-refractivity contribution in [2.45, 2.75) is 73.9 Å². The zero-order valence-electron chi connectivity index (χ0n) is 17.8. The van der Waals surface area contributed by atoms with Crippen LogP contribution in [0.1, 0.15) is 53.6 Å². The fraction of sp³-hybridized carbons (Fsp3) is 0.478. The molecule has 2 atom stereocenters. The van der Waals surface area contributed by atoms with Crippen LogP contribution < -0.4 is 7.77 Å². The topological polar surface area (TPSA) is 6.48 Å². The van der Waals surface area contributed by atoms with Crippen molar-refractivity contribution in [2.24, 2.45) is 0 Å². The van der Waals surface area contributed by atoms with Gasteiger partial charge < -0.3 is 7.77 Å². The quantitative estimate of drug-likeness (QED) is 0.668. The molecule has 0 bridgehead atoms. The Bertz CT molecular complexity index is 713. The first kappa shape index (κ1) is 19.3. The molecule has 1 aliphatic rings. The Morgan fingerprint density at radius 2 is 0.962 bits per heavy atom. The van der Waals surface area contributed by atoms with Crippen molar-refractivity contribution in [3.05, 3.63) is 57.6 Å². The number of nitrogens with zero attached hydrogens (tertiary/aromatic N) is 2. The van der Waals surface area contributed by atoms with Gasteiger partial charge in [0.1, 0.15) is 0 Å². The van der Waals surface area contributed by atoms with Crippen molar-refractivity contribution < 1.29 is 0 Å². The van der Waals surface area contributed by atoms with Crippen LogP contribution in [0.3, 0.4) is 0 Å². The molecule has 2 aromatic rings. The lowest BCUT2D eigenvalue weighted by atomic mass is 10.0. The van der Waals surface area contributed by atoms with E-state index in [4.69, 9.17) is 0 Å². The molecule has 0 radical (unpaired) electrons. The molecule has 0 saturated carbocycles. The highest BCUT2D eigenvalue weighted by Crippen LogP contribution is 2.35. The minimum Gasteiger partial charge on any atom is -0.445 e. The van der Waals surface area contributed by atoms with Crippen LogP contribution in [0, 0.1) is 41.5 Å². The number of anilines is 2. The SMILES string of the molecule is Cc1cc(C)c([N]2[AlH][N](c3c(C)cc(C)cc3C)C(C)CC2C)c(C)c1. The maximum Gasteiger partial charge on any atom is 0.549 e. The molecule has 3 rings (SSSR count). The zero-order chi connectivity index (χ0) is 19.2. The van der Waals surface area contributed by atoms with E-state index in [2.05, 4.69) is 87.4 Å². The molecule has 0 aromatic heterocycles. The molecular weight excluding hydrogens is 331 g/mol. The summed E-state index contributed by atoms with van der Waals surface area (Å²) in [4.78, 5) is 0. The van der Waals surface area contributed by atoms with Crippen LogP contribution in [0.25, 0.3) is 0 Å². The van der Waals surface area contributed by atoms with Crippen molar-refractivity contribution in [1.82, 2.24) is 0 Å². The van der Waals surface area contributed by atoms with Crippen molar-refractivity contribution in [2.75, 3.05) is 7.77 Å². The minimum absolute atomic E-state index is 0.598. The average Bonchev–Trinajstić information content (AvgIpc) is 2.49. The maximum absolute atomic E-state index is 2.75. The molecule has 3 heteroatoms. The van der Waals surface area contributed by atoms with Gasteiger partial charge in [0, 0.05) is 23.5 Å². The number of benzene rings is 2. The van der Waals surface area contributed by atoms with Crippen LogP contribution in [0.2, 0.25) is 0 Å². The first-order chi connectivity index (χ1) is 12.2. The first-order valence-electron chi connectivity index (χ1n) is 9.88. The molecule has 0 aliphatic carbocycles. The molecule has 0 amide bonds. The highest BCUT2D eigenvalue weighted by molar-refractivity contribution is 6.48. The lowest BCUT2D eigenvalue weighted by Crippen LogP contribution is -2.57. The van der Waals surface area contributed by atoms with Gasteiger partial charge in [-0.15, -0.1) is 0 Å². The number of hydrogen-bond donors (Lipinski definition) is 0. The van der Waals surface area contributed by atoms with Gasteiger partial charge in [0.25, 0.3) is 0 Å². The van der Waals surface area contributed by atoms with Crippen LogP contribution in [0.4, 0.5) is 11.4 Å². The van der Waals surface area contributed by atoms with Crippen LogP contribution in [0.15, 0.2) is 24.3 Å². The van der Waals surface area contributed by atoms with E-state index in [9.17, 15) is 0 Å². The molecule has 1 heterocycles. The summed E-state index contributed by atoms with van der Waals surface area (Å²) in [5.41, 5.74) is 11.4. The number of hydrogen-bond acceptors (Lipinski definition) is 2. The van der Waals surface area contributed by atoms with E-state index in [1.807, 2.05) is 0 Å². The smallest absolute Gasteiger partial charge is 0.445 e. The molecule has 26 heavy (non-hydrogen) atoms. The molecule has 0 spiro atoms. The summed E-state index contributed by atoms with van der Waals surface area (Å²) >= 11 is -0.598. The van der Waals surface area contributed by atoms with E-state index >= 15 is 0 Å². The Morgan fingerprint density at radius 1 is 0.654 bits per heavy atom. The first-order valence-corrected chi connectivity index (χ1v) is 11.1. The highest BCUT2D eigenvalue weighted by atomic mass is 27.1. The lowest BCUT2D eigenvalue weighted by molar-refractivity contribution is 0.549. The molecule has 1 fully saturated rings. The van der Waals surface area contributed by atoms with Crippen LogP contribution in [-0.2, 0) is 0 Å². The molecule has 2 aromatic carbocycles. The largest absolute Gasteiger partial charge is 0.549 e. The monoisotopic (exact) mass is 364 g/mol. The minimum atomic E-state index is -0.598. The maximum atomic E-state index is 2.75. The summed E-state index contributed by atoms with van der Waals surface area (Å²) in [5.74, 6) is 0. The van der Waals surface area contributed by atoms with E-state index in [1.165, 1.54) is 51.2 Å². The predicted octanol–water partition coefficient (Wildman–Crippen LogP) is 5.30. The van der Waals surface area contributed by atoms with Crippen molar-refractivity contribution >= 4 is 27.0 Å². The van der Waals surface area contributed by atoms with Crippen LogP contribution in [0.5, 0.6) is 0 Å². The van der Waals surface area contributed by atoms with Gasteiger partial charge in [-0.2, -0.15) is 0 Å². The van der Waals surface area contributed by atoms with Crippen molar-refractivity contribution in [3.8, 4) is 0 Å². The summed E-state index contributed by atoms with van der Waals surface area (Å²) in [5, 5.41) is 0. The Labute approximate surface area is 166 Å². The summed E-state index contributed by atoms with van der Waals surface area (Å²) < 4.78 is 5.51. The van der Waals surface area contributed by atoms with Gasteiger partial charge in [0.05, 0.1) is 0 Å². The second kappa shape index (κ2) is 7.30. The van der Waals surface area contributed by atoms with E-state index in [0.717, 1.165) is 0 Å². The van der Waals surface area contributed by atoms with Crippen molar-refractivity contribution in [1.29, 1.82) is 0 Å². The second-order valence-electron chi connectivity index (χ2n) is 8.51. The summed E-state index contributed by atoms with van der Waals surface area (Å²) in [6.45, 7) is 18.3. The fourth-order valence-corrected chi connectivity index (χ4v) is 7.49. The Kier molecular flexibility index (Phi) is 5.43. The second-order valence-corrected chi connectivity index (χ2v) is 10.2. The molecule has 2 nitrogen and oxygen atoms in total. The van der Waals surface area contributed by atoms with Crippen LogP contribution in [-0.4, -0.2) is 27.7 Å². The number of rotatable bonds is 2. The fourth-order valence-electron chi connectivity index (χ4n) is 5.02. The summed E-state index contributed by atoms with van der Waals surface area (Å²) in [6.07, 6.45) is 1.21. The lowest BCUT2D eigenvalue weighted by Gasteiger charge is -2.48. The van der Waals surface area contributed by atoms with Gasteiger partial charge in [0.2, 0.25) is 0 Å². The third kappa shape index (κ3) is 3.53. The molecular formula is C23H33AlN2. The van der Waals surface area contributed by atoms with Gasteiger partial charge in [0.15, 0.2) is 0 Å². The molecule has 1 saturated heterocycles. The number of aryl methyl sites for hydroxylation is 6. The highest BCUT2D eigenvalue weighted by Gasteiger charge is 2.34. The van der Waals surface area contributed by atoms with Gasteiger partial charge in [-0.1, -0.05) is 35.4 Å². The summed E-state index contributed by atoms with van der Waals surface area (Å²) in [6, 6.07) is 10.6. The average molecular weight is 365 g/mol. The van der Waals surface area contributed by atoms with Gasteiger partial charge >= 0.3 is 15.7 Å². The van der Waals surface area contributed by atoms with Crippen molar-refractivity contribution in [3.63, 3.8) is 0 Å². The predicted molar refractivity (Wildman–Crippen MR) is 117 cm³/mol. The third-order valence-corrected chi connectivity index (χ3v) is 8.38. The Morgan fingerprint density at radius 3 is 1.27 bits per heavy atom. The molecule has 1 aliphatic heterocycles. The third-order valence-electron chi connectivity index (χ3n) is 5.90. The molecule has 0 N–H and O–H groups in total. The zero-order valence-corrected chi connectivity index (χ0v) is 19.2. The Balaban J connectivity index is 2.04. The van der Waals surface area contributed by atoms with Gasteiger partial charge in [-0.3, -0.25) is 0 Å².